The van der Waals surface area contributed by atoms with Gasteiger partial charge < -0.3 is 19.1 Å². The molecule has 0 aliphatic carbocycles. The van der Waals surface area contributed by atoms with Crippen molar-refractivity contribution in [3.8, 4) is 5.75 Å². The minimum atomic E-state index is -0.320. The smallest absolute Gasteiger partial charge is 0.250 e. The first kappa shape index (κ1) is 25.2. The van der Waals surface area contributed by atoms with Crippen LogP contribution in [-0.4, -0.2) is 63.3 Å². The molecule has 0 saturated carbocycles. The van der Waals surface area contributed by atoms with Crippen LogP contribution in [0.1, 0.15) is 29.4 Å². The van der Waals surface area contributed by atoms with Crippen LogP contribution >= 0.6 is 11.6 Å². The molecule has 2 fully saturated rings. The van der Waals surface area contributed by atoms with Gasteiger partial charge in [0.1, 0.15) is 0 Å². The second kappa shape index (κ2) is 10.2. The lowest BCUT2D eigenvalue weighted by atomic mass is 9.83. The van der Waals surface area contributed by atoms with Crippen molar-refractivity contribution in [2.45, 2.75) is 32.0 Å². The molecule has 3 aliphatic rings. The van der Waals surface area contributed by atoms with E-state index in [-0.39, 0.29) is 16.7 Å². The summed E-state index contributed by atoms with van der Waals surface area (Å²) in [5.41, 5.74) is 3.58. The lowest BCUT2D eigenvalue weighted by Crippen LogP contribution is -2.47. The normalized spacial score (nSPS) is 21.9. The standard InChI is InChI=1S/C29H34ClN5O3/c1-31-24(18-33-15-20-12-21(17-33)25-6-3-7-28(37)35(25)16-20)14-27(36)29(38)26(31)19-32-8-10-34(11-9-32)23-5-2-4-22(30)13-23/h2-7,13-14,20-21,38H,8-12,15-19H2,1H3/t20-,21-/m0/s1. The number of piperidine rings is 1. The van der Waals surface area contributed by atoms with Gasteiger partial charge in [0.25, 0.3) is 5.56 Å². The molecule has 0 unspecified atom stereocenters. The number of aromatic hydroxyl groups is 1. The predicted octanol–water partition coefficient (Wildman–Crippen LogP) is 2.85. The molecule has 8 nitrogen and oxygen atoms in total. The number of hydrogen-bond acceptors (Lipinski definition) is 6. The van der Waals surface area contributed by atoms with Crippen molar-refractivity contribution in [1.82, 2.24) is 18.9 Å². The van der Waals surface area contributed by atoms with Crippen LogP contribution in [0, 0.1) is 5.92 Å². The lowest BCUT2D eigenvalue weighted by molar-refractivity contribution is 0.112. The molecule has 2 bridgehead atoms. The lowest BCUT2D eigenvalue weighted by Gasteiger charge is -2.43. The molecule has 1 N–H and O–H groups in total. The Morgan fingerprint density at radius 3 is 2.50 bits per heavy atom. The van der Waals surface area contributed by atoms with Gasteiger partial charge >= 0.3 is 0 Å². The van der Waals surface area contributed by atoms with Gasteiger partial charge in [-0.1, -0.05) is 23.7 Å². The SMILES string of the molecule is Cn1c(CN2C[C@@H]3C[C@@H](C2)c2cccc(=O)n2C3)cc(=O)c(O)c1CN1CCN(c2cccc(Cl)c2)CC1. The summed E-state index contributed by atoms with van der Waals surface area (Å²) in [6.45, 7) is 7.05. The average molecular weight is 536 g/mol. The van der Waals surface area contributed by atoms with E-state index in [9.17, 15) is 14.7 Å². The maximum absolute atomic E-state index is 12.8. The molecule has 3 aliphatic heterocycles. The van der Waals surface area contributed by atoms with Crippen LogP contribution in [0.3, 0.4) is 0 Å². The summed E-state index contributed by atoms with van der Waals surface area (Å²) in [6, 6.07) is 15.1. The molecule has 6 rings (SSSR count). The van der Waals surface area contributed by atoms with Crippen molar-refractivity contribution in [3.05, 3.63) is 91.2 Å². The van der Waals surface area contributed by atoms with Gasteiger partial charge in [0.2, 0.25) is 5.43 Å². The number of pyridine rings is 2. The number of rotatable bonds is 5. The molecule has 1 aromatic carbocycles. The van der Waals surface area contributed by atoms with E-state index >= 15 is 0 Å². The van der Waals surface area contributed by atoms with Crippen LogP contribution in [-0.2, 0) is 26.7 Å². The van der Waals surface area contributed by atoms with Gasteiger partial charge in [-0.05, 0) is 36.6 Å². The van der Waals surface area contributed by atoms with Gasteiger partial charge in [0, 0.05) is 106 Å². The average Bonchev–Trinajstić information content (AvgIpc) is 2.91. The fourth-order valence-electron chi connectivity index (χ4n) is 6.53. The highest BCUT2D eigenvalue weighted by Gasteiger charge is 2.34. The summed E-state index contributed by atoms with van der Waals surface area (Å²) in [5, 5.41) is 11.5. The van der Waals surface area contributed by atoms with E-state index in [0.29, 0.717) is 30.6 Å². The fraction of sp³-hybridized carbons (Fsp3) is 0.448. The van der Waals surface area contributed by atoms with Gasteiger partial charge in [-0.2, -0.15) is 0 Å². The molecule has 0 amide bonds. The summed E-state index contributed by atoms with van der Waals surface area (Å²) in [7, 11) is 1.95. The molecule has 2 saturated heterocycles. The van der Waals surface area contributed by atoms with Crippen molar-refractivity contribution in [3.63, 3.8) is 0 Å². The molecule has 0 radical (unpaired) electrons. The molecule has 38 heavy (non-hydrogen) atoms. The molecular weight excluding hydrogens is 502 g/mol. The van der Waals surface area contributed by atoms with Gasteiger partial charge in [-0.15, -0.1) is 0 Å². The monoisotopic (exact) mass is 535 g/mol. The Hall–Kier alpha value is -3.07. The third-order valence-electron chi connectivity index (χ3n) is 8.50. The zero-order valence-corrected chi connectivity index (χ0v) is 22.5. The highest BCUT2D eigenvalue weighted by Crippen LogP contribution is 2.35. The number of hydrogen-bond donors (Lipinski definition) is 1. The summed E-state index contributed by atoms with van der Waals surface area (Å²) in [4.78, 5) is 32.2. The Kier molecular flexibility index (Phi) is 6.80. The van der Waals surface area contributed by atoms with E-state index < -0.39 is 0 Å². The van der Waals surface area contributed by atoms with E-state index in [0.717, 1.165) is 74.3 Å². The molecular formula is C29H34ClN5O3. The highest BCUT2D eigenvalue weighted by molar-refractivity contribution is 6.30. The number of benzene rings is 1. The Bertz CT molecular complexity index is 1460. The van der Waals surface area contributed by atoms with Gasteiger partial charge in [-0.3, -0.25) is 19.4 Å². The minimum Gasteiger partial charge on any atom is -0.503 e. The number of fused-ring (bicyclic) bond motifs is 4. The van der Waals surface area contributed by atoms with Gasteiger partial charge in [0.15, 0.2) is 5.75 Å². The van der Waals surface area contributed by atoms with E-state index in [4.69, 9.17) is 11.6 Å². The summed E-state index contributed by atoms with van der Waals surface area (Å²) in [5.74, 6) is 0.587. The van der Waals surface area contributed by atoms with Crippen LogP contribution in [0.25, 0.3) is 0 Å². The van der Waals surface area contributed by atoms with Crippen LogP contribution in [0.2, 0.25) is 5.02 Å². The molecule has 2 aromatic heterocycles. The third kappa shape index (κ3) is 4.88. The summed E-state index contributed by atoms with van der Waals surface area (Å²) in [6.07, 6.45) is 1.10. The second-order valence-electron chi connectivity index (χ2n) is 11.0. The van der Waals surface area contributed by atoms with E-state index in [1.807, 2.05) is 40.4 Å². The van der Waals surface area contributed by atoms with Crippen LogP contribution in [0.4, 0.5) is 5.69 Å². The number of aromatic nitrogens is 2. The second-order valence-corrected chi connectivity index (χ2v) is 11.4. The predicted molar refractivity (Wildman–Crippen MR) is 149 cm³/mol. The zero-order chi connectivity index (χ0) is 26.4. The molecule has 0 spiro atoms. The highest BCUT2D eigenvalue weighted by atomic mass is 35.5. The zero-order valence-electron chi connectivity index (χ0n) is 21.7. The van der Waals surface area contributed by atoms with Crippen molar-refractivity contribution in [2.24, 2.45) is 13.0 Å². The minimum absolute atomic E-state index is 0.0876. The topological polar surface area (TPSA) is 73.9 Å². The van der Waals surface area contributed by atoms with Crippen LogP contribution in [0.5, 0.6) is 5.75 Å². The first-order valence-corrected chi connectivity index (χ1v) is 13.8. The first-order valence-electron chi connectivity index (χ1n) is 13.4. The quantitative estimate of drug-likeness (QED) is 0.541. The Morgan fingerprint density at radius 2 is 1.71 bits per heavy atom. The van der Waals surface area contributed by atoms with Gasteiger partial charge in [-0.25, -0.2) is 0 Å². The van der Waals surface area contributed by atoms with Crippen molar-refractivity contribution in [2.75, 3.05) is 44.2 Å². The number of likely N-dealkylation sites (tertiary alicyclic amines) is 1. The number of anilines is 1. The Balaban J connectivity index is 1.16. The van der Waals surface area contributed by atoms with Crippen LogP contribution in [0.15, 0.2) is 58.1 Å². The Morgan fingerprint density at radius 1 is 0.921 bits per heavy atom. The maximum atomic E-state index is 12.8. The number of halogens is 1. The first-order chi connectivity index (χ1) is 18.4. The van der Waals surface area contributed by atoms with Crippen molar-refractivity contribution < 1.29 is 5.11 Å². The molecule has 3 aromatic rings. The number of nitrogens with zero attached hydrogens (tertiary/aromatic N) is 5. The molecule has 2 atom stereocenters. The van der Waals surface area contributed by atoms with E-state index in [1.54, 1.807) is 12.1 Å². The fourth-order valence-corrected chi connectivity index (χ4v) is 6.71. The number of piperazine rings is 1. The van der Waals surface area contributed by atoms with Crippen molar-refractivity contribution in [1.29, 1.82) is 0 Å². The molecule has 5 heterocycles. The van der Waals surface area contributed by atoms with E-state index in [2.05, 4.69) is 26.8 Å². The summed E-state index contributed by atoms with van der Waals surface area (Å²) < 4.78 is 3.94. The van der Waals surface area contributed by atoms with Crippen LogP contribution < -0.4 is 15.9 Å². The summed E-state index contributed by atoms with van der Waals surface area (Å²) >= 11 is 6.18. The third-order valence-corrected chi connectivity index (χ3v) is 8.74. The molecule has 200 valence electrons. The largest absolute Gasteiger partial charge is 0.503 e. The maximum Gasteiger partial charge on any atom is 0.250 e. The van der Waals surface area contributed by atoms with Crippen molar-refractivity contribution >= 4 is 17.3 Å². The van der Waals surface area contributed by atoms with E-state index in [1.165, 1.54) is 0 Å². The molecule has 9 heteroatoms. The van der Waals surface area contributed by atoms with Gasteiger partial charge in [0.05, 0.1) is 5.69 Å². The Labute approximate surface area is 227 Å².